The molecular formula is C51H52ClN9O20. The molecule has 30 heteroatoms. The van der Waals surface area contributed by atoms with Crippen molar-refractivity contribution in [3.63, 3.8) is 0 Å². The number of nitro benzene ring substituents is 2. The molecule has 0 aromatic heterocycles. The van der Waals surface area contributed by atoms with Crippen LogP contribution in [0.25, 0.3) is 0 Å². The number of carbonyl (C=O) groups excluding carboxylic acids is 10. The van der Waals surface area contributed by atoms with Crippen molar-refractivity contribution in [2.45, 2.75) is 64.3 Å². The number of hydrogen-bond donors (Lipinski definition) is 4. The topological polar surface area (TPSA) is 384 Å². The molecule has 0 spiro atoms. The van der Waals surface area contributed by atoms with Crippen LogP contribution >= 0.6 is 11.6 Å². The Morgan fingerprint density at radius 2 is 1.12 bits per heavy atom. The van der Waals surface area contributed by atoms with Gasteiger partial charge in [-0.05, 0) is 55.7 Å². The lowest BCUT2D eigenvalue weighted by Gasteiger charge is -2.32. The van der Waals surface area contributed by atoms with Crippen LogP contribution in [-0.4, -0.2) is 143 Å². The Balaban J connectivity index is 0.000000217. The lowest BCUT2D eigenvalue weighted by Crippen LogP contribution is -2.57. The number of nitro groups is 2. The number of piperidine rings is 2. The van der Waals surface area contributed by atoms with Gasteiger partial charge in [0.05, 0.1) is 83.8 Å². The number of likely N-dealkylation sites (tertiary alicyclic amines) is 1. The second-order valence-electron chi connectivity index (χ2n) is 17.4. The number of nitrogens with zero attached hydrogens (tertiary/aromatic N) is 5. The fourth-order valence-electron chi connectivity index (χ4n) is 8.79. The second-order valence-corrected chi connectivity index (χ2v) is 17.7. The highest BCUT2D eigenvalue weighted by Crippen LogP contribution is 2.38. The number of anilines is 2. The largest absolute Gasteiger partial charge is 0.493 e. The zero-order valence-electron chi connectivity index (χ0n) is 43.9. The van der Waals surface area contributed by atoms with Gasteiger partial charge in [-0.2, -0.15) is 4.90 Å². The van der Waals surface area contributed by atoms with Crippen LogP contribution in [0, 0.1) is 20.2 Å². The first-order valence-electron chi connectivity index (χ1n) is 24.4. The molecule has 0 radical (unpaired) electrons. The molecule has 5 N–H and O–H groups in total. The summed E-state index contributed by atoms with van der Waals surface area (Å²) < 4.78 is 29.7. The number of nitrogens with two attached hydrogens (primary N) is 1. The Labute approximate surface area is 464 Å². The van der Waals surface area contributed by atoms with Crippen molar-refractivity contribution >= 4 is 93.1 Å². The van der Waals surface area contributed by atoms with Crippen molar-refractivity contribution in [2.24, 2.45) is 5.73 Å². The zero-order chi connectivity index (χ0) is 59.4. The summed E-state index contributed by atoms with van der Waals surface area (Å²) in [6.45, 7) is 2.25. The number of fused-ring (bicyclic) bond motifs is 2. The first-order chi connectivity index (χ1) is 38.7. The second kappa shape index (κ2) is 26.7. The van der Waals surface area contributed by atoms with Crippen molar-refractivity contribution in [3.05, 3.63) is 114 Å². The summed E-state index contributed by atoms with van der Waals surface area (Å²) in [4.78, 5) is 147. The average Bonchev–Trinajstić information content (AvgIpc) is 3.92. The van der Waals surface area contributed by atoms with Gasteiger partial charge in [0, 0.05) is 55.5 Å². The van der Waals surface area contributed by atoms with Crippen molar-refractivity contribution in [2.75, 3.05) is 58.7 Å². The molecule has 0 bridgehead atoms. The van der Waals surface area contributed by atoms with Gasteiger partial charge in [-0.1, -0.05) is 19.1 Å². The predicted molar refractivity (Wildman–Crippen MR) is 280 cm³/mol. The molecule has 4 aliphatic heterocycles. The monoisotopic (exact) mass is 1150 g/mol. The summed E-state index contributed by atoms with van der Waals surface area (Å²) >= 11 is 5.00. The maximum atomic E-state index is 13.3. The van der Waals surface area contributed by atoms with E-state index in [-0.39, 0.29) is 94.8 Å². The standard InChI is InChI=1S/C25H25N5O10.C16H17N3O4.C10H10ClNO6/c1-38-18-10-13(17(30(36)37)11-19(18)39-2)12-40-25(35)29-20(31)7-6-16(23(29)33)28-22(32)14-4-3-5-15(27-9-8-26)21(14)24(28)34;1-2-8-17-10-5-3-4-9-13(10)16(23)19(15(9)22)11-6-7-12(20)18-14(11)21;1-16-8-3-6(5-18-10(11)13)7(12(14)15)4-9(8)17-2/h3-5,10-11,16,27H,6-9,12,26H2,1-2H3;3-5,11,17H,2,6-8H2,1H3,(H,18,20,21);3-4H,5H2,1-2H3. The predicted octanol–water partition coefficient (Wildman–Crippen LogP) is 4.83. The van der Waals surface area contributed by atoms with E-state index in [4.69, 9.17) is 41.0 Å². The van der Waals surface area contributed by atoms with Crippen molar-refractivity contribution in [1.29, 1.82) is 0 Å². The third kappa shape index (κ3) is 13.1. The van der Waals surface area contributed by atoms with Crippen LogP contribution in [0.15, 0.2) is 60.7 Å². The number of ether oxygens (including phenoxy) is 6. The number of carbonyl (C=O) groups is 10. The number of methoxy groups -OCH3 is 4. The number of rotatable bonds is 18. The third-order valence-corrected chi connectivity index (χ3v) is 12.7. The Morgan fingerprint density at radius 3 is 1.57 bits per heavy atom. The van der Waals surface area contributed by atoms with E-state index >= 15 is 0 Å². The van der Waals surface area contributed by atoms with E-state index in [9.17, 15) is 68.2 Å². The highest BCUT2D eigenvalue weighted by molar-refractivity contribution is 6.61. The van der Waals surface area contributed by atoms with Gasteiger partial charge in [0.15, 0.2) is 23.0 Å². The van der Waals surface area contributed by atoms with Crippen molar-refractivity contribution < 1.29 is 86.2 Å². The Bertz CT molecular complexity index is 3240. The lowest BCUT2D eigenvalue weighted by molar-refractivity contribution is -0.386. The molecule has 9 amide bonds. The smallest absolute Gasteiger partial charge is 0.423 e. The number of nitrogens with one attached hydrogen (secondary N) is 3. The number of amides is 9. The molecule has 2 saturated heterocycles. The summed E-state index contributed by atoms with van der Waals surface area (Å²) in [5.41, 5.74) is 5.51. The Hall–Kier alpha value is -9.77. The number of halogens is 1. The molecule has 29 nitrogen and oxygen atoms in total. The third-order valence-electron chi connectivity index (χ3n) is 12.6. The highest BCUT2D eigenvalue weighted by atomic mass is 35.5. The van der Waals surface area contributed by atoms with E-state index in [0.29, 0.717) is 41.3 Å². The minimum atomic E-state index is -1.45. The van der Waals surface area contributed by atoms with Gasteiger partial charge in [-0.25, -0.2) is 9.59 Å². The summed E-state index contributed by atoms with van der Waals surface area (Å²) in [5.74, 6) is -4.81. The van der Waals surface area contributed by atoms with Crippen molar-refractivity contribution in [3.8, 4) is 23.0 Å². The summed E-state index contributed by atoms with van der Waals surface area (Å²) in [5, 5.41) is 30.7. The van der Waals surface area contributed by atoms with Gasteiger partial charge in [-0.3, -0.25) is 73.7 Å². The zero-order valence-corrected chi connectivity index (χ0v) is 44.6. The molecule has 4 heterocycles. The van der Waals surface area contributed by atoms with E-state index in [1.54, 1.807) is 30.3 Å². The van der Waals surface area contributed by atoms with Crippen molar-refractivity contribution in [1.82, 2.24) is 20.0 Å². The van der Waals surface area contributed by atoms with Gasteiger partial charge in [0.25, 0.3) is 40.9 Å². The molecule has 0 aliphatic carbocycles. The van der Waals surface area contributed by atoms with E-state index in [1.807, 2.05) is 6.92 Å². The molecular weight excluding hydrogens is 1090 g/mol. The first-order valence-corrected chi connectivity index (χ1v) is 24.7. The maximum Gasteiger partial charge on any atom is 0.423 e. The van der Waals surface area contributed by atoms with E-state index in [1.165, 1.54) is 52.7 Å². The molecule has 428 valence electrons. The highest BCUT2D eigenvalue weighted by Gasteiger charge is 2.50. The normalized spacial score (nSPS) is 16.2. The van der Waals surface area contributed by atoms with E-state index in [0.717, 1.165) is 22.3 Å². The molecule has 4 aliphatic rings. The summed E-state index contributed by atoms with van der Waals surface area (Å²) in [7, 11) is 5.35. The van der Waals surface area contributed by atoms with Gasteiger partial charge < -0.3 is 44.8 Å². The van der Waals surface area contributed by atoms with Crippen LogP contribution in [-0.2, 0) is 41.9 Å². The quantitative estimate of drug-likeness (QED) is 0.0448. The molecule has 0 saturated carbocycles. The molecule has 4 aromatic carbocycles. The molecule has 8 rings (SSSR count). The molecule has 2 atom stereocenters. The van der Waals surface area contributed by atoms with Gasteiger partial charge in [0.1, 0.15) is 25.3 Å². The van der Waals surface area contributed by atoms with Crippen LogP contribution in [0.5, 0.6) is 23.0 Å². The van der Waals surface area contributed by atoms with Crippen LogP contribution in [0.1, 0.15) is 91.6 Å². The van der Waals surface area contributed by atoms with E-state index < -0.39 is 87.1 Å². The minimum Gasteiger partial charge on any atom is -0.493 e. The fourth-order valence-corrected chi connectivity index (χ4v) is 8.85. The summed E-state index contributed by atoms with van der Waals surface area (Å²) in [6, 6.07) is 12.1. The Morgan fingerprint density at radius 1 is 0.667 bits per heavy atom. The molecule has 81 heavy (non-hydrogen) atoms. The first kappa shape index (κ1) is 60.5. The number of imide groups is 6. The van der Waals surface area contributed by atoms with Crippen LogP contribution in [0.4, 0.5) is 32.3 Å². The molecule has 2 unspecified atom stereocenters. The summed E-state index contributed by atoms with van der Waals surface area (Å²) in [6.07, 6.45) is -0.792. The Kier molecular flexibility index (Phi) is 19.9. The van der Waals surface area contributed by atoms with E-state index in [2.05, 4.69) is 20.7 Å². The number of benzene rings is 4. The lowest BCUT2D eigenvalue weighted by atomic mass is 10.0. The fraction of sp³-hybridized carbons (Fsp3) is 0.333. The van der Waals surface area contributed by atoms with Gasteiger partial charge >= 0.3 is 11.5 Å². The minimum absolute atomic E-state index is 0.0561. The maximum absolute atomic E-state index is 13.3. The molecule has 2 fully saturated rings. The van der Waals surface area contributed by atoms with Crippen LogP contribution in [0.3, 0.4) is 0 Å². The van der Waals surface area contributed by atoms with Gasteiger partial charge in [-0.15, -0.1) is 0 Å². The van der Waals surface area contributed by atoms with Crippen LogP contribution < -0.4 is 40.6 Å². The SMILES string of the molecule is CCCNc1cccc2c1C(=O)N(C1CCC(=O)NC1=O)C2=O.COc1cc(COC(=O)Cl)c([N+](=O)[O-])cc1OC.COc1cc(COC(=O)N2C(=O)CCC(N3C(=O)c4cccc(NCCN)c4C3=O)C2=O)c([N+](=O)[O-])cc1OC. The average molecular weight is 1150 g/mol. The number of hydrogen-bond acceptors (Lipinski definition) is 23. The van der Waals surface area contributed by atoms with Gasteiger partial charge in [0.2, 0.25) is 17.7 Å². The van der Waals surface area contributed by atoms with Crippen LogP contribution in [0.2, 0.25) is 0 Å². The molecule has 4 aromatic rings.